The molecule has 1 aromatic rings. The Kier molecular flexibility index (Phi) is 7.63. The normalized spacial score (nSPS) is 15.7. The Labute approximate surface area is 154 Å². The van der Waals surface area contributed by atoms with Crippen LogP contribution in [-0.4, -0.2) is 48.4 Å². The highest BCUT2D eigenvalue weighted by Crippen LogP contribution is 2.12. The summed E-state index contributed by atoms with van der Waals surface area (Å²) in [6, 6.07) is 7.27. The molecule has 1 fully saturated rings. The van der Waals surface area contributed by atoms with Crippen molar-refractivity contribution in [1.82, 2.24) is 10.2 Å². The number of hydrogen-bond acceptors (Lipinski definition) is 4. The SMILES string of the molecule is Cc1ccccc1C(=O)NCCC(=O)OC(C)C(=O)N1CCCCCC1. The molecule has 1 aliphatic rings. The van der Waals surface area contributed by atoms with E-state index < -0.39 is 12.1 Å². The minimum absolute atomic E-state index is 0.0369. The summed E-state index contributed by atoms with van der Waals surface area (Å²) in [4.78, 5) is 38.2. The molecule has 2 amide bonds. The summed E-state index contributed by atoms with van der Waals surface area (Å²) in [6.07, 6.45) is 3.52. The zero-order valence-electron chi connectivity index (χ0n) is 15.6. The summed E-state index contributed by atoms with van der Waals surface area (Å²) < 4.78 is 5.24. The van der Waals surface area contributed by atoms with Crippen molar-refractivity contribution >= 4 is 17.8 Å². The van der Waals surface area contributed by atoms with Gasteiger partial charge in [-0.2, -0.15) is 0 Å². The molecule has 142 valence electrons. The minimum atomic E-state index is -0.785. The van der Waals surface area contributed by atoms with Gasteiger partial charge in [-0.05, 0) is 38.3 Å². The zero-order valence-corrected chi connectivity index (χ0v) is 15.6. The molecule has 1 heterocycles. The van der Waals surface area contributed by atoms with Gasteiger partial charge in [0.05, 0.1) is 6.42 Å². The van der Waals surface area contributed by atoms with Gasteiger partial charge in [-0.3, -0.25) is 14.4 Å². The molecule has 1 aliphatic heterocycles. The molecule has 26 heavy (non-hydrogen) atoms. The van der Waals surface area contributed by atoms with Gasteiger partial charge in [0.1, 0.15) is 0 Å². The van der Waals surface area contributed by atoms with E-state index in [9.17, 15) is 14.4 Å². The molecule has 1 unspecified atom stereocenters. The lowest BCUT2D eigenvalue weighted by atomic mass is 10.1. The van der Waals surface area contributed by atoms with Crippen molar-refractivity contribution in [3.63, 3.8) is 0 Å². The molecular weight excluding hydrogens is 332 g/mol. The van der Waals surface area contributed by atoms with Gasteiger partial charge in [0, 0.05) is 25.2 Å². The molecule has 1 N–H and O–H groups in total. The van der Waals surface area contributed by atoms with Gasteiger partial charge in [-0.1, -0.05) is 31.0 Å². The van der Waals surface area contributed by atoms with Crippen LogP contribution in [0.2, 0.25) is 0 Å². The number of benzene rings is 1. The molecule has 0 aliphatic carbocycles. The van der Waals surface area contributed by atoms with Crippen LogP contribution in [0.3, 0.4) is 0 Å². The Morgan fingerprint density at radius 3 is 2.42 bits per heavy atom. The second kappa shape index (κ2) is 9.94. The van der Waals surface area contributed by atoms with Crippen LogP contribution in [0.1, 0.15) is 54.9 Å². The quantitative estimate of drug-likeness (QED) is 0.791. The predicted molar refractivity (Wildman–Crippen MR) is 98.7 cm³/mol. The molecule has 0 bridgehead atoms. The molecule has 6 nitrogen and oxygen atoms in total. The van der Waals surface area contributed by atoms with E-state index in [1.54, 1.807) is 24.0 Å². The number of hydrogen-bond donors (Lipinski definition) is 1. The Bertz CT molecular complexity index is 636. The molecular formula is C20H28N2O4. The molecule has 0 aromatic heterocycles. The summed E-state index contributed by atoms with van der Waals surface area (Å²) in [7, 11) is 0. The first-order valence-electron chi connectivity index (χ1n) is 9.31. The number of amides is 2. The Morgan fingerprint density at radius 2 is 1.77 bits per heavy atom. The molecule has 2 rings (SSSR count). The third kappa shape index (κ3) is 5.86. The Hall–Kier alpha value is -2.37. The van der Waals surface area contributed by atoms with Gasteiger partial charge in [-0.25, -0.2) is 0 Å². The van der Waals surface area contributed by atoms with Crippen LogP contribution in [0.15, 0.2) is 24.3 Å². The number of rotatable bonds is 6. The topological polar surface area (TPSA) is 75.7 Å². The lowest BCUT2D eigenvalue weighted by Gasteiger charge is -2.24. The lowest BCUT2D eigenvalue weighted by molar-refractivity contribution is -0.159. The summed E-state index contributed by atoms with van der Waals surface area (Å²) in [5.41, 5.74) is 1.47. The van der Waals surface area contributed by atoms with Crippen molar-refractivity contribution in [2.45, 2.75) is 52.1 Å². The fourth-order valence-corrected chi connectivity index (χ4v) is 3.06. The minimum Gasteiger partial charge on any atom is -0.452 e. The number of carbonyl (C=O) groups excluding carboxylic acids is 3. The summed E-state index contributed by atoms with van der Waals surface area (Å²) in [5.74, 6) is -0.834. The number of likely N-dealkylation sites (tertiary alicyclic amines) is 1. The average Bonchev–Trinajstić information content (AvgIpc) is 2.90. The Morgan fingerprint density at radius 1 is 1.12 bits per heavy atom. The molecule has 1 atom stereocenters. The number of aryl methyl sites for hydroxylation is 1. The van der Waals surface area contributed by atoms with Crippen molar-refractivity contribution in [3.05, 3.63) is 35.4 Å². The first-order chi connectivity index (χ1) is 12.5. The Balaban J connectivity index is 1.73. The van der Waals surface area contributed by atoms with Gasteiger partial charge in [0.25, 0.3) is 11.8 Å². The predicted octanol–water partition coefficient (Wildman–Crippen LogP) is 2.45. The third-order valence-electron chi connectivity index (χ3n) is 4.58. The maximum Gasteiger partial charge on any atom is 0.308 e. The van der Waals surface area contributed by atoms with Gasteiger partial charge in [0.15, 0.2) is 6.10 Å². The van der Waals surface area contributed by atoms with Crippen LogP contribution >= 0.6 is 0 Å². The number of nitrogens with zero attached hydrogens (tertiary/aromatic N) is 1. The fourth-order valence-electron chi connectivity index (χ4n) is 3.06. The van der Waals surface area contributed by atoms with Gasteiger partial charge >= 0.3 is 5.97 Å². The maximum atomic E-state index is 12.4. The van der Waals surface area contributed by atoms with Crippen LogP contribution in [-0.2, 0) is 14.3 Å². The first kappa shape index (κ1) is 19.9. The number of esters is 1. The zero-order chi connectivity index (χ0) is 18.9. The van der Waals surface area contributed by atoms with Crippen LogP contribution < -0.4 is 5.32 Å². The van der Waals surface area contributed by atoms with E-state index in [0.717, 1.165) is 44.3 Å². The summed E-state index contributed by atoms with van der Waals surface area (Å²) in [6.45, 7) is 5.10. The number of carbonyl (C=O) groups is 3. The van der Waals surface area contributed by atoms with Crippen molar-refractivity contribution in [1.29, 1.82) is 0 Å². The second-order valence-corrected chi connectivity index (χ2v) is 6.69. The van der Waals surface area contributed by atoms with Crippen molar-refractivity contribution in [2.24, 2.45) is 0 Å². The average molecular weight is 360 g/mol. The highest BCUT2D eigenvalue weighted by molar-refractivity contribution is 5.95. The van der Waals surface area contributed by atoms with E-state index in [0.29, 0.717) is 5.56 Å². The lowest BCUT2D eigenvalue weighted by Crippen LogP contribution is -2.40. The van der Waals surface area contributed by atoms with Gasteiger partial charge in [-0.15, -0.1) is 0 Å². The van der Waals surface area contributed by atoms with Crippen LogP contribution in [0.5, 0.6) is 0 Å². The van der Waals surface area contributed by atoms with Crippen LogP contribution in [0.4, 0.5) is 0 Å². The van der Waals surface area contributed by atoms with Crippen LogP contribution in [0.25, 0.3) is 0 Å². The monoisotopic (exact) mass is 360 g/mol. The molecule has 1 aromatic carbocycles. The largest absolute Gasteiger partial charge is 0.452 e. The van der Waals surface area contributed by atoms with E-state index in [1.807, 2.05) is 19.1 Å². The van der Waals surface area contributed by atoms with E-state index in [4.69, 9.17) is 4.74 Å². The molecule has 0 spiro atoms. The summed E-state index contributed by atoms with van der Waals surface area (Å²) in [5, 5.41) is 2.71. The van der Waals surface area contributed by atoms with Gasteiger partial charge < -0.3 is 15.0 Å². The molecule has 0 saturated carbocycles. The number of nitrogens with one attached hydrogen (secondary N) is 1. The molecule has 6 heteroatoms. The van der Waals surface area contributed by atoms with E-state index >= 15 is 0 Å². The van der Waals surface area contributed by atoms with E-state index in [-0.39, 0.29) is 24.8 Å². The van der Waals surface area contributed by atoms with Crippen LogP contribution in [0, 0.1) is 6.92 Å². The van der Waals surface area contributed by atoms with Gasteiger partial charge in [0.2, 0.25) is 0 Å². The highest BCUT2D eigenvalue weighted by Gasteiger charge is 2.24. The van der Waals surface area contributed by atoms with E-state index in [1.165, 1.54) is 0 Å². The molecule has 1 saturated heterocycles. The summed E-state index contributed by atoms with van der Waals surface area (Å²) >= 11 is 0. The first-order valence-corrected chi connectivity index (χ1v) is 9.31. The van der Waals surface area contributed by atoms with Crippen molar-refractivity contribution in [2.75, 3.05) is 19.6 Å². The van der Waals surface area contributed by atoms with Crippen molar-refractivity contribution in [3.8, 4) is 0 Å². The highest BCUT2D eigenvalue weighted by atomic mass is 16.5. The standard InChI is InChI=1S/C20H28N2O4/c1-15-9-5-6-10-17(15)19(24)21-12-11-18(23)26-16(2)20(25)22-13-7-3-4-8-14-22/h5-6,9-10,16H,3-4,7-8,11-14H2,1-2H3,(H,21,24). The maximum absolute atomic E-state index is 12.4. The smallest absolute Gasteiger partial charge is 0.308 e. The third-order valence-corrected chi connectivity index (χ3v) is 4.58. The molecule has 0 radical (unpaired) electrons. The fraction of sp³-hybridized carbons (Fsp3) is 0.550. The second-order valence-electron chi connectivity index (χ2n) is 6.69. The van der Waals surface area contributed by atoms with E-state index in [2.05, 4.69) is 5.32 Å². The van der Waals surface area contributed by atoms with Crippen molar-refractivity contribution < 1.29 is 19.1 Å². The number of ether oxygens (including phenoxy) is 1.